The molecule has 0 saturated carbocycles. The molecule has 0 aliphatic heterocycles. The molecule has 0 spiro atoms. The van der Waals surface area contributed by atoms with Gasteiger partial charge in [-0.15, -0.1) is 0 Å². The lowest BCUT2D eigenvalue weighted by Crippen LogP contribution is -2.08. The normalized spacial score (nSPS) is 9.64. The van der Waals surface area contributed by atoms with E-state index in [1.54, 1.807) is 6.92 Å². The molecule has 0 aromatic carbocycles. The Morgan fingerprint density at radius 2 is 2.29 bits per heavy atom. The highest BCUT2D eigenvalue weighted by atomic mass is 35.5. The predicted octanol–water partition coefficient (Wildman–Crippen LogP) is 1.32. The lowest BCUT2D eigenvalue weighted by atomic mass is 10.4. The van der Waals surface area contributed by atoms with Crippen LogP contribution in [0.15, 0.2) is 6.07 Å². The average molecular weight is 217 g/mol. The van der Waals surface area contributed by atoms with Crippen molar-refractivity contribution >= 4 is 17.6 Å². The Morgan fingerprint density at radius 1 is 1.57 bits per heavy atom. The second kappa shape index (κ2) is 4.76. The molecular weight excluding hydrogens is 208 g/mol. The summed E-state index contributed by atoms with van der Waals surface area (Å²) in [6, 6.07) is 1.36. The summed E-state index contributed by atoms with van der Waals surface area (Å²) < 4.78 is 9.49. The monoisotopic (exact) mass is 216 g/mol. The lowest BCUT2D eigenvalue weighted by molar-refractivity contribution is 0.0518. The molecule has 1 heterocycles. The van der Waals surface area contributed by atoms with Crippen molar-refractivity contribution in [3.05, 3.63) is 16.9 Å². The van der Waals surface area contributed by atoms with Crippen LogP contribution < -0.4 is 4.74 Å². The van der Waals surface area contributed by atoms with E-state index in [-0.39, 0.29) is 23.5 Å². The lowest BCUT2D eigenvalue weighted by Gasteiger charge is -2.02. The maximum absolute atomic E-state index is 11.2. The van der Waals surface area contributed by atoms with Crippen LogP contribution in [0.5, 0.6) is 6.01 Å². The highest BCUT2D eigenvalue weighted by Gasteiger charge is 2.11. The molecule has 0 aliphatic rings. The Labute approximate surface area is 86.0 Å². The van der Waals surface area contributed by atoms with Gasteiger partial charge in [0.05, 0.1) is 13.7 Å². The van der Waals surface area contributed by atoms with Gasteiger partial charge in [0.25, 0.3) is 0 Å². The first kappa shape index (κ1) is 10.7. The van der Waals surface area contributed by atoms with Crippen LogP contribution in [0.25, 0.3) is 0 Å². The van der Waals surface area contributed by atoms with Crippen molar-refractivity contribution < 1.29 is 14.3 Å². The highest BCUT2D eigenvalue weighted by Crippen LogP contribution is 2.12. The molecule has 0 aliphatic carbocycles. The van der Waals surface area contributed by atoms with Gasteiger partial charge in [0, 0.05) is 6.07 Å². The van der Waals surface area contributed by atoms with Crippen molar-refractivity contribution in [1.29, 1.82) is 0 Å². The molecule has 5 nitrogen and oxygen atoms in total. The molecule has 0 saturated heterocycles. The van der Waals surface area contributed by atoms with E-state index in [4.69, 9.17) is 21.1 Å². The standard InChI is InChI=1S/C8H9ClN2O3/c1-3-14-7(12)5-4-6(9)11-8(10-5)13-2/h4H,3H2,1-2H3. The van der Waals surface area contributed by atoms with E-state index in [1.807, 2.05) is 0 Å². The Bertz CT molecular complexity index is 343. The number of ether oxygens (including phenoxy) is 2. The molecular formula is C8H9ClN2O3. The summed E-state index contributed by atoms with van der Waals surface area (Å²) >= 11 is 5.63. The van der Waals surface area contributed by atoms with Crippen molar-refractivity contribution in [2.24, 2.45) is 0 Å². The minimum atomic E-state index is -0.546. The number of halogens is 1. The van der Waals surface area contributed by atoms with E-state index in [1.165, 1.54) is 13.2 Å². The quantitative estimate of drug-likeness (QED) is 0.563. The fraction of sp³-hybridized carbons (Fsp3) is 0.375. The number of nitrogens with zero attached hydrogens (tertiary/aromatic N) is 2. The number of esters is 1. The number of aromatic nitrogens is 2. The van der Waals surface area contributed by atoms with Crippen LogP contribution in [-0.4, -0.2) is 29.7 Å². The predicted molar refractivity (Wildman–Crippen MR) is 49.6 cm³/mol. The van der Waals surface area contributed by atoms with E-state index in [0.29, 0.717) is 0 Å². The van der Waals surface area contributed by atoms with E-state index in [9.17, 15) is 4.79 Å². The largest absolute Gasteiger partial charge is 0.467 e. The molecule has 0 fully saturated rings. The molecule has 14 heavy (non-hydrogen) atoms. The molecule has 0 amide bonds. The van der Waals surface area contributed by atoms with Gasteiger partial charge >= 0.3 is 12.0 Å². The number of rotatable bonds is 3. The van der Waals surface area contributed by atoms with Crippen molar-refractivity contribution in [3.63, 3.8) is 0 Å². The van der Waals surface area contributed by atoms with Crippen LogP contribution >= 0.6 is 11.6 Å². The summed E-state index contributed by atoms with van der Waals surface area (Å²) in [5.74, 6) is -0.546. The molecule has 0 N–H and O–H groups in total. The summed E-state index contributed by atoms with van der Waals surface area (Å²) in [5.41, 5.74) is 0.0868. The fourth-order valence-corrected chi connectivity index (χ4v) is 0.973. The fourth-order valence-electron chi connectivity index (χ4n) is 0.798. The number of hydrogen-bond donors (Lipinski definition) is 0. The smallest absolute Gasteiger partial charge is 0.357 e. The summed E-state index contributed by atoms with van der Waals surface area (Å²) in [6.07, 6.45) is 0. The molecule has 76 valence electrons. The first-order chi connectivity index (χ1) is 6.67. The van der Waals surface area contributed by atoms with Crippen LogP contribution in [0.4, 0.5) is 0 Å². The van der Waals surface area contributed by atoms with Crippen molar-refractivity contribution in [1.82, 2.24) is 9.97 Å². The number of carbonyl (C=O) groups is 1. The van der Waals surface area contributed by atoms with Crippen LogP contribution in [0, 0.1) is 0 Å². The second-order valence-corrected chi connectivity index (χ2v) is 2.67. The SMILES string of the molecule is CCOC(=O)c1cc(Cl)nc(OC)n1. The molecule has 0 atom stereocenters. The molecule has 0 bridgehead atoms. The second-order valence-electron chi connectivity index (χ2n) is 2.28. The van der Waals surface area contributed by atoms with E-state index in [0.717, 1.165) is 0 Å². The summed E-state index contributed by atoms with van der Waals surface area (Å²) in [6.45, 7) is 1.99. The van der Waals surface area contributed by atoms with Crippen LogP contribution in [-0.2, 0) is 4.74 Å². The van der Waals surface area contributed by atoms with Crippen molar-refractivity contribution in [2.75, 3.05) is 13.7 Å². The number of hydrogen-bond acceptors (Lipinski definition) is 5. The van der Waals surface area contributed by atoms with Gasteiger partial charge in [0.2, 0.25) is 0 Å². The maximum atomic E-state index is 11.2. The Balaban J connectivity index is 2.96. The van der Waals surface area contributed by atoms with Gasteiger partial charge in [-0.2, -0.15) is 9.97 Å². The van der Waals surface area contributed by atoms with Gasteiger partial charge in [-0.3, -0.25) is 0 Å². The molecule has 0 unspecified atom stereocenters. The van der Waals surface area contributed by atoms with Gasteiger partial charge < -0.3 is 9.47 Å². The summed E-state index contributed by atoms with van der Waals surface area (Å²) in [5, 5.41) is 0.139. The minimum absolute atomic E-state index is 0.0422. The van der Waals surface area contributed by atoms with Gasteiger partial charge in [0.1, 0.15) is 5.15 Å². The Morgan fingerprint density at radius 3 is 2.86 bits per heavy atom. The third-order valence-electron chi connectivity index (χ3n) is 1.34. The van der Waals surface area contributed by atoms with E-state index >= 15 is 0 Å². The van der Waals surface area contributed by atoms with E-state index in [2.05, 4.69) is 9.97 Å². The molecule has 1 aromatic heterocycles. The van der Waals surface area contributed by atoms with Crippen molar-refractivity contribution in [2.45, 2.75) is 6.92 Å². The van der Waals surface area contributed by atoms with Crippen LogP contribution in [0.2, 0.25) is 5.15 Å². The topological polar surface area (TPSA) is 61.3 Å². The molecule has 6 heteroatoms. The Kier molecular flexibility index (Phi) is 3.64. The summed E-state index contributed by atoms with van der Waals surface area (Å²) in [7, 11) is 1.39. The third-order valence-corrected chi connectivity index (χ3v) is 1.54. The third kappa shape index (κ3) is 2.56. The Hall–Kier alpha value is -1.36. The first-order valence-corrected chi connectivity index (χ1v) is 4.31. The van der Waals surface area contributed by atoms with E-state index < -0.39 is 5.97 Å². The van der Waals surface area contributed by atoms with Gasteiger partial charge in [0.15, 0.2) is 5.69 Å². The van der Waals surface area contributed by atoms with Gasteiger partial charge in [-0.05, 0) is 6.92 Å². The zero-order valence-electron chi connectivity index (χ0n) is 7.78. The maximum Gasteiger partial charge on any atom is 0.357 e. The number of methoxy groups -OCH3 is 1. The van der Waals surface area contributed by atoms with Crippen LogP contribution in [0.3, 0.4) is 0 Å². The molecule has 1 aromatic rings. The minimum Gasteiger partial charge on any atom is -0.467 e. The zero-order chi connectivity index (χ0) is 10.6. The summed E-state index contributed by atoms with van der Waals surface area (Å²) in [4.78, 5) is 18.7. The average Bonchev–Trinajstić information content (AvgIpc) is 2.17. The van der Waals surface area contributed by atoms with Gasteiger partial charge in [-0.25, -0.2) is 4.79 Å². The number of carbonyl (C=O) groups excluding carboxylic acids is 1. The van der Waals surface area contributed by atoms with Crippen molar-refractivity contribution in [3.8, 4) is 6.01 Å². The highest BCUT2D eigenvalue weighted by molar-refractivity contribution is 6.29. The first-order valence-electron chi connectivity index (χ1n) is 3.93. The van der Waals surface area contributed by atoms with Gasteiger partial charge in [-0.1, -0.05) is 11.6 Å². The zero-order valence-corrected chi connectivity index (χ0v) is 8.54. The molecule has 0 radical (unpaired) electrons. The molecule has 1 rings (SSSR count). The van der Waals surface area contributed by atoms with Crippen LogP contribution in [0.1, 0.15) is 17.4 Å².